The average Bonchev–Trinajstić information content (AvgIpc) is 2.53. The molecule has 3 amide bonds. The molecule has 1 aliphatic rings. The van der Waals surface area contributed by atoms with Gasteiger partial charge in [-0.3, -0.25) is 14.4 Å². The van der Waals surface area contributed by atoms with Crippen LogP contribution in [0, 0.1) is 0 Å². The summed E-state index contributed by atoms with van der Waals surface area (Å²) < 4.78 is 0. The molecule has 0 bridgehead atoms. The Morgan fingerprint density at radius 1 is 1.25 bits per heavy atom. The number of benzene rings is 1. The molecule has 130 valence electrons. The predicted octanol–water partition coefficient (Wildman–Crippen LogP) is -1.50. The van der Waals surface area contributed by atoms with E-state index in [1.54, 1.807) is 4.90 Å². The van der Waals surface area contributed by atoms with Crippen LogP contribution in [-0.4, -0.2) is 65.1 Å². The third kappa shape index (κ3) is 4.35. The predicted molar refractivity (Wildman–Crippen MR) is 84.3 cm³/mol. The Balaban J connectivity index is 2.13. The molecule has 9 heteroatoms. The smallest absolute Gasteiger partial charge is 0.255 e. The molecule has 2 rings (SSSR count). The van der Waals surface area contributed by atoms with Gasteiger partial charge in [0.15, 0.2) is 0 Å². The molecule has 9 nitrogen and oxygen atoms in total. The second-order valence-corrected chi connectivity index (χ2v) is 5.47. The van der Waals surface area contributed by atoms with Crippen molar-refractivity contribution in [3.63, 3.8) is 0 Å². The summed E-state index contributed by atoms with van der Waals surface area (Å²) in [6.45, 7) is 2.19. The van der Waals surface area contributed by atoms with Gasteiger partial charge in [-0.1, -0.05) is 0 Å². The van der Waals surface area contributed by atoms with Crippen LogP contribution in [0.2, 0.25) is 0 Å². The van der Waals surface area contributed by atoms with Crippen LogP contribution >= 0.6 is 0 Å². The highest BCUT2D eigenvalue weighted by atomic mass is 16.3. The first-order chi connectivity index (χ1) is 11.4. The number of carbonyl (C=O) groups excluding carboxylic acids is 3. The normalized spacial score (nSPS) is 15.6. The molecule has 1 saturated heterocycles. The van der Waals surface area contributed by atoms with E-state index in [0.29, 0.717) is 26.2 Å². The van der Waals surface area contributed by atoms with Crippen LogP contribution in [0.5, 0.6) is 11.5 Å². The van der Waals surface area contributed by atoms with E-state index < -0.39 is 29.5 Å². The molecule has 24 heavy (non-hydrogen) atoms. The number of carbonyl (C=O) groups is 3. The van der Waals surface area contributed by atoms with Crippen molar-refractivity contribution in [1.82, 2.24) is 15.5 Å². The van der Waals surface area contributed by atoms with Crippen LogP contribution in [0.1, 0.15) is 16.8 Å². The Bertz CT molecular complexity index is 643. The van der Waals surface area contributed by atoms with Gasteiger partial charge in [-0.05, 0) is 12.1 Å². The molecule has 0 aromatic heterocycles. The molecule has 1 fully saturated rings. The first kappa shape index (κ1) is 17.5. The molecule has 1 aliphatic heterocycles. The number of rotatable bonds is 5. The van der Waals surface area contributed by atoms with E-state index in [2.05, 4.69) is 10.6 Å². The number of nitrogens with one attached hydrogen (secondary N) is 2. The van der Waals surface area contributed by atoms with Crippen molar-refractivity contribution in [2.24, 2.45) is 5.73 Å². The first-order valence-corrected chi connectivity index (χ1v) is 7.49. The largest absolute Gasteiger partial charge is 0.508 e. The molecular formula is C15H20N4O5. The summed E-state index contributed by atoms with van der Waals surface area (Å²) in [5, 5.41) is 24.5. The van der Waals surface area contributed by atoms with Crippen molar-refractivity contribution in [1.29, 1.82) is 0 Å². The molecule has 0 saturated carbocycles. The van der Waals surface area contributed by atoms with Crippen molar-refractivity contribution >= 4 is 17.7 Å². The van der Waals surface area contributed by atoms with Crippen molar-refractivity contribution in [2.45, 2.75) is 12.5 Å². The molecule has 1 aromatic carbocycles. The van der Waals surface area contributed by atoms with Crippen LogP contribution in [0.15, 0.2) is 18.2 Å². The van der Waals surface area contributed by atoms with Gasteiger partial charge in [0.1, 0.15) is 17.5 Å². The number of aromatic hydroxyl groups is 2. The zero-order chi connectivity index (χ0) is 17.7. The zero-order valence-electron chi connectivity index (χ0n) is 13.0. The number of nitrogens with zero attached hydrogens (tertiary/aromatic N) is 1. The average molecular weight is 336 g/mol. The Labute approximate surface area is 138 Å². The number of hydrogen-bond acceptors (Lipinski definition) is 6. The Morgan fingerprint density at radius 2 is 1.92 bits per heavy atom. The Kier molecular flexibility index (Phi) is 5.59. The quantitative estimate of drug-likeness (QED) is 0.443. The highest BCUT2D eigenvalue weighted by molar-refractivity contribution is 6.00. The summed E-state index contributed by atoms with van der Waals surface area (Å²) in [4.78, 5) is 37.6. The van der Waals surface area contributed by atoms with Gasteiger partial charge in [0.2, 0.25) is 11.8 Å². The van der Waals surface area contributed by atoms with Gasteiger partial charge < -0.3 is 31.5 Å². The second kappa shape index (κ2) is 7.64. The fourth-order valence-corrected chi connectivity index (χ4v) is 2.45. The van der Waals surface area contributed by atoms with Crippen LogP contribution in [-0.2, 0) is 9.59 Å². The van der Waals surface area contributed by atoms with Crippen molar-refractivity contribution in [3.05, 3.63) is 23.8 Å². The summed E-state index contributed by atoms with van der Waals surface area (Å²) >= 11 is 0. The molecular weight excluding hydrogens is 316 g/mol. The highest BCUT2D eigenvalue weighted by Crippen LogP contribution is 2.22. The van der Waals surface area contributed by atoms with E-state index in [1.807, 2.05) is 0 Å². The summed E-state index contributed by atoms with van der Waals surface area (Å²) in [6, 6.07) is 2.35. The van der Waals surface area contributed by atoms with Crippen LogP contribution in [0.25, 0.3) is 0 Å². The van der Waals surface area contributed by atoms with E-state index >= 15 is 0 Å². The third-order valence-electron chi connectivity index (χ3n) is 3.66. The Hall–Kier alpha value is -2.81. The Morgan fingerprint density at radius 3 is 2.50 bits per heavy atom. The maximum absolute atomic E-state index is 12.5. The molecule has 0 spiro atoms. The SMILES string of the molecule is NC(=O)C[C@H](NC(=O)c1ccc(O)cc1O)C(=O)N1CCNCC1. The van der Waals surface area contributed by atoms with Gasteiger partial charge in [-0.15, -0.1) is 0 Å². The van der Waals surface area contributed by atoms with Crippen molar-refractivity contribution < 1.29 is 24.6 Å². The molecule has 1 heterocycles. The summed E-state index contributed by atoms with van der Waals surface area (Å²) in [5.41, 5.74) is 5.05. The fourth-order valence-electron chi connectivity index (χ4n) is 2.45. The number of phenolic OH excluding ortho intramolecular Hbond substituents is 2. The van der Waals surface area contributed by atoms with Crippen molar-refractivity contribution in [3.8, 4) is 11.5 Å². The number of nitrogens with two attached hydrogens (primary N) is 1. The van der Waals surface area contributed by atoms with Gasteiger partial charge in [0.25, 0.3) is 5.91 Å². The third-order valence-corrected chi connectivity index (χ3v) is 3.66. The van der Waals surface area contributed by atoms with Gasteiger partial charge in [-0.25, -0.2) is 0 Å². The molecule has 0 aliphatic carbocycles. The minimum atomic E-state index is -1.11. The van der Waals surface area contributed by atoms with E-state index in [0.717, 1.165) is 6.07 Å². The molecule has 6 N–H and O–H groups in total. The van der Waals surface area contributed by atoms with Gasteiger partial charge >= 0.3 is 0 Å². The number of amides is 3. The maximum atomic E-state index is 12.5. The molecule has 1 atom stereocenters. The van der Waals surface area contributed by atoms with Crippen LogP contribution in [0.4, 0.5) is 0 Å². The minimum Gasteiger partial charge on any atom is -0.508 e. The number of phenols is 2. The molecule has 1 aromatic rings. The monoisotopic (exact) mass is 336 g/mol. The van der Waals surface area contributed by atoms with Gasteiger partial charge in [-0.2, -0.15) is 0 Å². The highest BCUT2D eigenvalue weighted by Gasteiger charge is 2.29. The standard InChI is InChI=1S/C15H20N4O5/c16-13(22)8-11(15(24)19-5-3-17-4-6-19)18-14(23)10-2-1-9(20)7-12(10)21/h1-2,7,11,17,20-21H,3-6,8H2,(H2,16,22)(H,18,23)/t11-/m0/s1. The second-order valence-electron chi connectivity index (χ2n) is 5.47. The van der Waals surface area contributed by atoms with Crippen LogP contribution in [0.3, 0.4) is 0 Å². The van der Waals surface area contributed by atoms with Crippen molar-refractivity contribution in [2.75, 3.05) is 26.2 Å². The first-order valence-electron chi connectivity index (χ1n) is 7.49. The molecule has 0 unspecified atom stereocenters. The van der Waals surface area contributed by atoms with E-state index in [1.165, 1.54) is 12.1 Å². The minimum absolute atomic E-state index is 0.115. The number of primary amides is 1. The lowest BCUT2D eigenvalue weighted by atomic mass is 10.1. The van der Waals surface area contributed by atoms with E-state index in [9.17, 15) is 24.6 Å². The van der Waals surface area contributed by atoms with E-state index in [4.69, 9.17) is 5.73 Å². The topological polar surface area (TPSA) is 145 Å². The summed E-state index contributed by atoms with van der Waals surface area (Å²) in [5.74, 6) is -2.49. The fraction of sp³-hybridized carbons (Fsp3) is 0.400. The summed E-state index contributed by atoms with van der Waals surface area (Å²) in [7, 11) is 0. The number of hydrogen-bond donors (Lipinski definition) is 5. The molecule has 0 radical (unpaired) electrons. The van der Waals surface area contributed by atoms with Gasteiger partial charge in [0.05, 0.1) is 12.0 Å². The van der Waals surface area contributed by atoms with Crippen LogP contribution < -0.4 is 16.4 Å². The van der Waals surface area contributed by atoms with Gasteiger partial charge in [0, 0.05) is 32.2 Å². The number of piperazine rings is 1. The lowest BCUT2D eigenvalue weighted by Crippen LogP contribution is -2.54. The van der Waals surface area contributed by atoms with E-state index in [-0.39, 0.29) is 17.7 Å². The summed E-state index contributed by atoms with van der Waals surface area (Å²) in [6.07, 6.45) is -0.340. The maximum Gasteiger partial charge on any atom is 0.255 e. The zero-order valence-corrected chi connectivity index (χ0v) is 13.0. The lowest BCUT2D eigenvalue weighted by Gasteiger charge is -2.30. The lowest BCUT2D eigenvalue weighted by molar-refractivity contribution is -0.135.